The maximum Gasteiger partial charge on any atom is 0.306 e. The lowest BCUT2D eigenvalue weighted by Gasteiger charge is -2.28. The molecule has 0 fully saturated rings. The second-order valence-electron chi connectivity index (χ2n) is 16.7. The van der Waals surface area contributed by atoms with Gasteiger partial charge >= 0.3 is 11.9 Å². The van der Waals surface area contributed by atoms with Gasteiger partial charge in [-0.3, -0.25) is 14.2 Å². The number of unbranched alkanes of at least 4 members (excludes halogenated alkanes) is 20. The van der Waals surface area contributed by atoms with E-state index < -0.39 is 32.5 Å². The second-order valence-corrected chi connectivity index (χ2v) is 18.1. The number of hydrogen-bond donors (Lipinski definition) is 0. The van der Waals surface area contributed by atoms with Gasteiger partial charge in [0, 0.05) is 12.8 Å². The van der Waals surface area contributed by atoms with Crippen LogP contribution in [0.3, 0.4) is 0 Å². The Balaban J connectivity index is 4.33. The topological polar surface area (TPSA) is 111 Å². The summed E-state index contributed by atoms with van der Waals surface area (Å²) in [4.78, 5) is 37.6. The third kappa shape index (κ3) is 43.5. The molecule has 0 aromatic heterocycles. The highest BCUT2D eigenvalue weighted by molar-refractivity contribution is 7.45. The SMILES string of the molecule is CC/C=C\C/C=C\C/C=C\CCCCCCCC(=O)OC[C@H](COP(=O)([O-])OCC[N+](C)(C)C)OC(=O)CCCCCCCCCCC/C=C\CCCCCCCC. The molecule has 0 aromatic carbocycles. The molecule has 9 nitrogen and oxygen atoms in total. The van der Waals surface area contributed by atoms with Gasteiger partial charge in [-0.2, -0.15) is 0 Å². The van der Waals surface area contributed by atoms with Gasteiger partial charge in [-0.15, -0.1) is 0 Å². The monoisotopic (exact) mass is 838 g/mol. The zero-order chi connectivity index (χ0) is 42.8. The number of esters is 2. The molecule has 0 bridgehead atoms. The summed E-state index contributed by atoms with van der Waals surface area (Å²) in [5.74, 6) is -0.856. The molecule has 2 atom stereocenters. The minimum atomic E-state index is -4.63. The molecule has 0 heterocycles. The van der Waals surface area contributed by atoms with E-state index in [1.807, 2.05) is 21.1 Å². The van der Waals surface area contributed by atoms with Crippen LogP contribution >= 0.6 is 7.82 Å². The van der Waals surface area contributed by atoms with Crippen molar-refractivity contribution in [3.8, 4) is 0 Å². The summed E-state index contributed by atoms with van der Waals surface area (Å²) in [5, 5.41) is 0. The first-order valence-corrected chi connectivity index (χ1v) is 24.8. The highest BCUT2D eigenvalue weighted by atomic mass is 31.2. The van der Waals surface area contributed by atoms with Crippen LogP contribution in [-0.4, -0.2) is 70.0 Å². The van der Waals surface area contributed by atoms with Crippen LogP contribution in [0.1, 0.15) is 194 Å². The molecular formula is C48H88NO8P. The summed E-state index contributed by atoms with van der Waals surface area (Å²) < 4.78 is 33.9. The number of rotatable bonds is 42. The van der Waals surface area contributed by atoms with Gasteiger partial charge < -0.3 is 27.9 Å². The fraction of sp³-hybridized carbons (Fsp3) is 0.792. The van der Waals surface area contributed by atoms with Crippen molar-refractivity contribution in [1.82, 2.24) is 0 Å². The zero-order valence-corrected chi connectivity index (χ0v) is 38.9. The lowest BCUT2D eigenvalue weighted by molar-refractivity contribution is -0.870. The molecule has 0 radical (unpaired) electrons. The number of ether oxygens (including phenoxy) is 2. The van der Waals surface area contributed by atoms with Crippen molar-refractivity contribution in [2.24, 2.45) is 0 Å². The smallest absolute Gasteiger partial charge is 0.306 e. The van der Waals surface area contributed by atoms with Gasteiger partial charge in [0.25, 0.3) is 7.82 Å². The predicted octanol–water partition coefficient (Wildman–Crippen LogP) is 12.8. The van der Waals surface area contributed by atoms with Crippen LogP contribution in [0, 0.1) is 0 Å². The summed E-state index contributed by atoms with van der Waals surface area (Å²) in [5.41, 5.74) is 0. The minimum absolute atomic E-state index is 0.0353. The van der Waals surface area contributed by atoms with Crippen LogP contribution in [0.4, 0.5) is 0 Å². The van der Waals surface area contributed by atoms with E-state index in [0.717, 1.165) is 70.6 Å². The van der Waals surface area contributed by atoms with E-state index in [9.17, 15) is 19.0 Å². The molecule has 0 aliphatic heterocycles. The molecule has 0 N–H and O–H groups in total. The van der Waals surface area contributed by atoms with Crippen molar-refractivity contribution in [2.45, 2.75) is 200 Å². The number of quaternary nitrogens is 1. The Labute approximate surface area is 356 Å². The molecule has 0 rings (SSSR count). The maximum absolute atomic E-state index is 12.7. The van der Waals surface area contributed by atoms with Gasteiger partial charge in [-0.25, -0.2) is 0 Å². The van der Waals surface area contributed by atoms with E-state index in [1.165, 1.54) is 83.5 Å². The number of hydrogen-bond acceptors (Lipinski definition) is 8. The van der Waals surface area contributed by atoms with Crippen LogP contribution < -0.4 is 4.89 Å². The molecule has 1 unspecified atom stereocenters. The summed E-state index contributed by atoms with van der Waals surface area (Å²) in [7, 11) is 1.15. The van der Waals surface area contributed by atoms with E-state index in [0.29, 0.717) is 23.9 Å². The Hall–Kier alpha value is -2.03. The third-order valence-electron chi connectivity index (χ3n) is 9.83. The van der Waals surface area contributed by atoms with Crippen molar-refractivity contribution in [1.29, 1.82) is 0 Å². The van der Waals surface area contributed by atoms with Gasteiger partial charge in [0.05, 0.1) is 27.7 Å². The fourth-order valence-corrected chi connectivity index (χ4v) is 6.92. The lowest BCUT2D eigenvalue weighted by atomic mass is 10.1. The van der Waals surface area contributed by atoms with Gasteiger partial charge in [0.1, 0.15) is 19.8 Å². The van der Waals surface area contributed by atoms with Crippen molar-refractivity contribution in [3.63, 3.8) is 0 Å². The number of carbonyl (C=O) groups is 2. The van der Waals surface area contributed by atoms with E-state index in [2.05, 4.69) is 62.5 Å². The molecular weight excluding hydrogens is 750 g/mol. The summed E-state index contributed by atoms with van der Waals surface area (Å²) >= 11 is 0. The maximum atomic E-state index is 12.7. The average Bonchev–Trinajstić information content (AvgIpc) is 3.17. The fourth-order valence-electron chi connectivity index (χ4n) is 6.19. The van der Waals surface area contributed by atoms with E-state index in [-0.39, 0.29) is 26.1 Å². The summed E-state index contributed by atoms with van der Waals surface area (Å²) in [6.07, 6.45) is 47.1. The first-order chi connectivity index (χ1) is 28.0. The third-order valence-corrected chi connectivity index (χ3v) is 10.8. The number of nitrogens with zero attached hydrogens (tertiary/aromatic N) is 1. The van der Waals surface area contributed by atoms with Crippen molar-refractivity contribution in [2.75, 3.05) is 47.5 Å². The summed E-state index contributed by atoms with van der Waals surface area (Å²) in [6, 6.07) is 0. The van der Waals surface area contributed by atoms with Crippen LogP contribution in [-0.2, 0) is 32.7 Å². The molecule has 0 aromatic rings. The predicted molar refractivity (Wildman–Crippen MR) is 240 cm³/mol. The number of likely N-dealkylation sites (N-methyl/N-ethyl adjacent to an activating group) is 1. The van der Waals surface area contributed by atoms with Gasteiger partial charge in [0.15, 0.2) is 6.10 Å². The second kappa shape index (κ2) is 40.4. The molecule has 0 saturated carbocycles. The van der Waals surface area contributed by atoms with E-state index >= 15 is 0 Å². The standard InChI is InChI=1S/C48H88NO8P/c1-6-8-10-12-14-16-18-20-22-23-24-25-27-29-31-33-35-37-39-41-48(51)57-46(45-56-58(52,53)55-43-42-49(3,4)5)44-54-47(50)40-38-36-34-32-30-28-26-21-19-17-15-13-11-9-7-2/h9,11,15,17,20-22,26,46H,6-8,10,12-14,16,18-19,23-25,27-45H2,1-5H3/b11-9-,17-15-,22-20-,26-21-/t46-/m1/s1. The molecule has 0 spiro atoms. The largest absolute Gasteiger partial charge is 0.756 e. The number of carbonyl (C=O) groups excluding carboxylic acids is 2. The molecule has 0 amide bonds. The quantitative estimate of drug-likeness (QED) is 0.0196. The molecule has 10 heteroatoms. The zero-order valence-electron chi connectivity index (χ0n) is 38.0. The van der Waals surface area contributed by atoms with Gasteiger partial charge in [-0.05, 0) is 70.6 Å². The molecule has 338 valence electrons. The lowest BCUT2D eigenvalue weighted by Crippen LogP contribution is -2.37. The molecule has 0 aliphatic carbocycles. The molecule has 0 aliphatic rings. The van der Waals surface area contributed by atoms with E-state index in [1.54, 1.807) is 0 Å². The van der Waals surface area contributed by atoms with Crippen molar-refractivity contribution in [3.05, 3.63) is 48.6 Å². The highest BCUT2D eigenvalue weighted by Gasteiger charge is 2.21. The first-order valence-electron chi connectivity index (χ1n) is 23.3. The Morgan fingerprint density at radius 1 is 0.552 bits per heavy atom. The Morgan fingerprint density at radius 2 is 0.983 bits per heavy atom. The Morgan fingerprint density at radius 3 is 1.48 bits per heavy atom. The van der Waals surface area contributed by atoms with Crippen LogP contribution in [0.15, 0.2) is 48.6 Å². The van der Waals surface area contributed by atoms with E-state index in [4.69, 9.17) is 18.5 Å². The number of allylic oxidation sites excluding steroid dienone is 8. The molecule has 0 saturated heterocycles. The van der Waals surface area contributed by atoms with Crippen molar-refractivity contribution >= 4 is 19.8 Å². The Kier molecular flexibility index (Phi) is 39.0. The normalized spacial score (nSPS) is 14.0. The van der Waals surface area contributed by atoms with Crippen LogP contribution in [0.2, 0.25) is 0 Å². The summed E-state index contributed by atoms with van der Waals surface area (Å²) in [6.45, 7) is 4.09. The highest BCUT2D eigenvalue weighted by Crippen LogP contribution is 2.38. The first kappa shape index (κ1) is 56.0. The molecule has 58 heavy (non-hydrogen) atoms. The van der Waals surface area contributed by atoms with Crippen LogP contribution in [0.5, 0.6) is 0 Å². The number of phosphoric ester groups is 1. The van der Waals surface area contributed by atoms with Gasteiger partial charge in [0.2, 0.25) is 0 Å². The van der Waals surface area contributed by atoms with Crippen LogP contribution in [0.25, 0.3) is 0 Å². The van der Waals surface area contributed by atoms with Crippen molar-refractivity contribution < 1.29 is 42.1 Å². The Bertz CT molecular complexity index is 1130. The number of phosphoric acid groups is 1. The minimum Gasteiger partial charge on any atom is -0.756 e. The van der Waals surface area contributed by atoms with Gasteiger partial charge in [-0.1, -0.05) is 159 Å². The average molecular weight is 838 g/mol.